The van der Waals surface area contributed by atoms with Crippen molar-refractivity contribution in [1.29, 1.82) is 0 Å². The maximum Gasteiger partial charge on any atom is 0.223 e. The van der Waals surface area contributed by atoms with Gasteiger partial charge in [0.25, 0.3) is 0 Å². The number of likely N-dealkylation sites (N-methyl/N-ethyl adjacent to an activating group) is 1. The summed E-state index contributed by atoms with van der Waals surface area (Å²) in [6, 6.07) is 17.8. The van der Waals surface area contributed by atoms with Crippen LogP contribution < -0.4 is 5.32 Å². The van der Waals surface area contributed by atoms with Crippen molar-refractivity contribution >= 4 is 5.91 Å². The van der Waals surface area contributed by atoms with Gasteiger partial charge in [0.1, 0.15) is 5.75 Å². The molecule has 0 radical (unpaired) electrons. The second-order valence-electron chi connectivity index (χ2n) is 7.09. The van der Waals surface area contributed by atoms with Gasteiger partial charge in [-0.2, -0.15) is 0 Å². The lowest BCUT2D eigenvalue weighted by Crippen LogP contribution is -2.42. The summed E-state index contributed by atoms with van der Waals surface area (Å²) in [6.45, 7) is 0.630. The molecule has 2 N–H and O–H groups in total. The molecule has 25 heavy (non-hydrogen) atoms. The lowest BCUT2D eigenvalue weighted by Gasteiger charge is -2.25. The van der Waals surface area contributed by atoms with Gasteiger partial charge in [0.05, 0.1) is 0 Å². The summed E-state index contributed by atoms with van der Waals surface area (Å²) >= 11 is 0. The van der Waals surface area contributed by atoms with E-state index in [-0.39, 0.29) is 23.6 Å². The largest absolute Gasteiger partial charge is 0.508 e. The van der Waals surface area contributed by atoms with E-state index in [9.17, 15) is 9.90 Å². The molecule has 2 aromatic carbocycles. The van der Waals surface area contributed by atoms with E-state index in [0.29, 0.717) is 12.5 Å². The van der Waals surface area contributed by atoms with Gasteiger partial charge in [0.15, 0.2) is 0 Å². The zero-order valence-corrected chi connectivity index (χ0v) is 14.9. The Morgan fingerprint density at radius 2 is 1.84 bits per heavy atom. The summed E-state index contributed by atoms with van der Waals surface area (Å²) in [7, 11) is 4.06. The summed E-state index contributed by atoms with van der Waals surface area (Å²) in [5.74, 6) is 0.917. The fraction of sp³-hybridized carbons (Fsp3) is 0.381. The molecule has 0 spiro atoms. The monoisotopic (exact) mass is 338 g/mol. The number of aromatic hydroxyl groups is 1. The number of carbonyl (C=O) groups excluding carboxylic acids is 1. The molecule has 0 aromatic heterocycles. The molecule has 0 aliphatic heterocycles. The molecule has 0 unspecified atom stereocenters. The van der Waals surface area contributed by atoms with Crippen LogP contribution in [0.3, 0.4) is 0 Å². The van der Waals surface area contributed by atoms with E-state index in [4.69, 9.17) is 0 Å². The lowest BCUT2D eigenvalue weighted by molar-refractivity contribution is -0.122. The second-order valence-corrected chi connectivity index (χ2v) is 7.09. The van der Waals surface area contributed by atoms with Gasteiger partial charge in [-0.1, -0.05) is 42.5 Å². The maximum absolute atomic E-state index is 12.5. The number of carbonyl (C=O) groups is 1. The highest BCUT2D eigenvalue weighted by Crippen LogP contribution is 2.47. The first-order valence-corrected chi connectivity index (χ1v) is 8.81. The van der Waals surface area contributed by atoms with Crippen LogP contribution >= 0.6 is 0 Å². The van der Waals surface area contributed by atoms with Crippen molar-refractivity contribution in [3.8, 4) is 5.75 Å². The molecule has 4 nitrogen and oxygen atoms in total. The van der Waals surface area contributed by atoms with Crippen molar-refractivity contribution in [3.63, 3.8) is 0 Å². The third kappa shape index (κ3) is 4.60. The zero-order chi connectivity index (χ0) is 17.8. The molecule has 1 fully saturated rings. The SMILES string of the molecule is CN(C)[C@H](CNC(=O)[C@@H]1C[C@H]1c1ccccc1)Cc1ccc(O)cc1. The molecule has 1 aliphatic carbocycles. The average molecular weight is 338 g/mol. The average Bonchev–Trinajstić information content (AvgIpc) is 3.41. The predicted molar refractivity (Wildman–Crippen MR) is 99.6 cm³/mol. The molecule has 0 saturated heterocycles. The van der Waals surface area contributed by atoms with Crippen LogP contribution in [0.2, 0.25) is 0 Å². The van der Waals surface area contributed by atoms with Gasteiger partial charge in [0, 0.05) is 18.5 Å². The Morgan fingerprint density at radius 3 is 2.48 bits per heavy atom. The molecular formula is C21H26N2O2. The maximum atomic E-state index is 12.5. The Morgan fingerprint density at radius 1 is 1.16 bits per heavy atom. The first-order chi connectivity index (χ1) is 12.0. The number of rotatable bonds is 7. The fourth-order valence-electron chi connectivity index (χ4n) is 3.24. The van der Waals surface area contributed by atoms with E-state index in [1.807, 2.05) is 44.4 Å². The van der Waals surface area contributed by atoms with Gasteiger partial charge < -0.3 is 15.3 Å². The molecule has 1 amide bonds. The standard InChI is InChI=1S/C21H26N2O2/c1-23(2)17(12-15-8-10-18(24)11-9-15)14-22-21(25)20-13-19(20)16-6-4-3-5-7-16/h3-11,17,19-20,24H,12-14H2,1-2H3,(H,22,25)/t17-,19-,20+/m0/s1. The van der Waals surface area contributed by atoms with Gasteiger partial charge in [-0.3, -0.25) is 4.79 Å². The quantitative estimate of drug-likeness (QED) is 0.816. The molecule has 3 atom stereocenters. The molecule has 4 heteroatoms. The molecule has 0 bridgehead atoms. The number of nitrogens with one attached hydrogen (secondary N) is 1. The molecular weight excluding hydrogens is 312 g/mol. The van der Waals surface area contributed by atoms with Gasteiger partial charge in [-0.05, 0) is 56.1 Å². The Bertz CT molecular complexity index is 698. The molecule has 3 rings (SSSR count). The van der Waals surface area contributed by atoms with Crippen molar-refractivity contribution < 1.29 is 9.90 Å². The highest BCUT2D eigenvalue weighted by Gasteiger charge is 2.43. The summed E-state index contributed by atoms with van der Waals surface area (Å²) in [4.78, 5) is 14.6. The molecule has 1 aliphatic rings. The number of benzene rings is 2. The van der Waals surface area contributed by atoms with Gasteiger partial charge >= 0.3 is 0 Å². The summed E-state index contributed by atoms with van der Waals surface area (Å²) in [5, 5.41) is 12.5. The van der Waals surface area contributed by atoms with Crippen molar-refractivity contribution in [3.05, 3.63) is 65.7 Å². The molecule has 132 valence electrons. The molecule has 2 aromatic rings. The number of nitrogens with zero attached hydrogens (tertiary/aromatic N) is 1. The van der Waals surface area contributed by atoms with Crippen LogP contribution in [-0.2, 0) is 11.2 Å². The first kappa shape index (κ1) is 17.5. The highest BCUT2D eigenvalue weighted by atomic mass is 16.3. The van der Waals surface area contributed by atoms with Gasteiger partial charge in [-0.25, -0.2) is 0 Å². The second kappa shape index (κ2) is 7.70. The predicted octanol–water partition coefficient (Wildman–Crippen LogP) is 2.78. The van der Waals surface area contributed by atoms with E-state index < -0.39 is 0 Å². The molecule has 0 heterocycles. The normalized spacial score (nSPS) is 20.3. The fourth-order valence-corrected chi connectivity index (χ4v) is 3.24. The van der Waals surface area contributed by atoms with Crippen LogP contribution in [0, 0.1) is 5.92 Å². The summed E-state index contributed by atoms with van der Waals surface area (Å²) in [5.41, 5.74) is 2.41. The zero-order valence-electron chi connectivity index (χ0n) is 14.9. The van der Waals surface area contributed by atoms with Crippen molar-refractivity contribution in [2.75, 3.05) is 20.6 Å². The van der Waals surface area contributed by atoms with Crippen molar-refractivity contribution in [2.45, 2.75) is 24.8 Å². The van der Waals surface area contributed by atoms with Gasteiger partial charge in [0.2, 0.25) is 5.91 Å². The van der Waals surface area contributed by atoms with Crippen molar-refractivity contribution in [1.82, 2.24) is 10.2 Å². The number of amides is 1. The third-order valence-corrected chi connectivity index (χ3v) is 5.00. The van der Waals surface area contributed by atoms with E-state index in [1.165, 1.54) is 5.56 Å². The first-order valence-electron chi connectivity index (χ1n) is 8.81. The van der Waals surface area contributed by atoms with Crippen LogP contribution in [0.15, 0.2) is 54.6 Å². The third-order valence-electron chi connectivity index (χ3n) is 5.00. The Hall–Kier alpha value is -2.33. The van der Waals surface area contributed by atoms with Crippen LogP contribution in [0.1, 0.15) is 23.5 Å². The minimum absolute atomic E-state index is 0.110. The number of hydrogen-bond acceptors (Lipinski definition) is 3. The number of hydrogen-bond donors (Lipinski definition) is 2. The topological polar surface area (TPSA) is 52.6 Å². The van der Waals surface area contributed by atoms with Crippen LogP contribution in [0.5, 0.6) is 5.75 Å². The summed E-state index contributed by atoms with van der Waals surface area (Å²) in [6.07, 6.45) is 1.78. The minimum atomic E-state index is 0.110. The minimum Gasteiger partial charge on any atom is -0.508 e. The Kier molecular flexibility index (Phi) is 5.39. The lowest BCUT2D eigenvalue weighted by atomic mass is 10.0. The number of phenolic OH excluding ortho intramolecular Hbond substituents is 1. The number of phenols is 1. The highest BCUT2D eigenvalue weighted by molar-refractivity contribution is 5.82. The smallest absolute Gasteiger partial charge is 0.223 e. The van der Waals surface area contributed by atoms with E-state index in [1.54, 1.807) is 12.1 Å². The Labute approximate surface area is 149 Å². The van der Waals surface area contributed by atoms with E-state index in [2.05, 4.69) is 22.3 Å². The van der Waals surface area contributed by atoms with Crippen LogP contribution in [0.4, 0.5) is 0 Å². The summed E-state index contributed by atoms with van der Waals surface area (Å²) < 4.78 is 0. The van der Waals surface area contributed by atoms with Crippen LogP contribution in [-0.4, -0.2) is 42.6 Å². The van der Waals surface area contributed by atoms with Gasteiger partial charge in [-0.15, -0.1) is 0 Å². The van der Waals surface area contributed by atoms with Crippen LogP contribution in [0.25, 0.3) is 0 Å². The Balaban J connectivity index is 1.52. The van der Waals surface area contributed by atoms with E-state index >= 15 is 0 Å². The molecule has 1 saturated carbocycles. The van der Waals surface area contributed by atoms with E-state index in [0.717, 1.165) is 18.4 Å². The van der Waals surface area contributed by atoms with Crippen molar-refractivity contribution in [2.24, 2.45) is 5.92 Å².